The van der Waals surface area contributed by atoms with Gasteiger partial charge in [-0.05, 0) is 38.6 Å². The summed E-state index contributed by atoms with van der Waals surface area (Å²) in [5, 5.41) is 5.53. The van der Waals surface area contributed by atoms with Crippen LogP contribution in [0.15, 0.2) is 22.8 Å². The Hall–Kier alpha value is -1.54. The molecule has 1 aliphatic heterocycles. The third kappa shape index (κ3) is 4.74. The molecule has 7 nitrogen and oxygen atoms in total. The molecule has 1 fully saturated rings. The summed E-state index contributed by atoms with van der Waals surface area (Å²) >= 11 is 0. The summed E-state index contributed by atoms with van der Waals surface area (Å²) in [6.45, 7) is 0.799. The van der Waals surface area contributed by atoms with E-state index in [4.69, 9.17) is 4.42 Å². The van der Waals surface area contributed by atoms with Gasteiger partial charge >= 0.3 is 6.03 Å². The van der Waals surface area contributed by atoms with E-state index in [-0.39, 0.29) is 29.5 Å². The molecule has 2 rings (SSSR count). The Bertz CT molecular complexity index is 583. The number of rotatable bonds is 6. The lowest BCUT2D eigenvalue weighted by Crippen LogP contribution is -2.42. The zero-order valence-electron chi connectivity index (χ0n) is 12.9. The quantitative estimate of drug-likeness (QED) is 0.798. The summed E-state index contributed by atoms with van der Waals surface area (Å²) in [6, 6.07) is 3.34. The van der Waals surface area contributed by atoms with Crippen LogP contribution < -0.4 is 10.6 Å². The van der Waals surface area contributed by atoms with Crippen LogP contribution in [0.4, 0.5) is 4.79 Å². The molecular formula is C14H23N3O4S. The second kappa shape index (κ2) is 7.15. The molecule has 1 saturated heterocycles. The van der Waals surface area contributed by atoms with E-state index in [1.54, 1.807) is 6.26 Å². The summed E-state index contributed by atoms with van der Waals surface area (Å²) in [5.41, 5.74) is 0. The monoisotopic (exact) mass is 329 g/mol. The van der Waals surface area contributed by atoms with Crippen molar-refractivity contribution in [2.45, 2.75) is 12.5 Å². The number of hydrogen-bond acceptors (Lipinski definition) is 5. The smallest absolute Gasteiger partial charge is 0.314 e. The highest BCUT2D eigenvalue weighted by molar-refractivity contribution is 7.91. The van der Waals surface area contributed by atoms with Crippen molar-refractivity contribution in [2.75, 3.05) is 38.7 Å². The van der Waals surface area contributed by atoms with Crippen LogP contribution in [0.2, 0.25) is 0 Å². The number of carbonyl (C=O) groups is 1. The highest BCUT2D eigenvalue weighted by atomic mass is 32.2. The SMILES string of the molecule is CN(C)[C@H](CNC(=O)NC[C@H]1CCS(=O)(=O)C1)c1ccco1. The summed E-state index contributed by atoms with van der Waals surface area (Å²) in [6.07, 6.45) is 2.22. The summed E-state index contributed by atoms with van der Waals surface area (Å²) in [4.78, 5) is 13.8. The number of amides is 2. The van der Waals surface area contributed by atoms with Crippen molar-refractivity contribution in [2.24, 2.45) is 5.92 Å². The molecule has 2 amide bonds. The van der Waals surface area contributed by atoms with Crippen molar-refractivity contribution in [3.63, 3.8) is 0 Å². The van der Waals surface area contributed by atoms with Gasteiger partial charge in [-0.3, -0.25) is 4.90 Å². The Labute approximate surface area is 131 Å². The Balaban J connectivity index is 1.75. The van der Waals surface area contributed by atoms with Crippen molar-refractivity contribution >= 4 is 15.9 Å². The number of carbonyl (C=O) groups excluding carboxylic acids is 1. The molecule has 0 aliphatic carbocycles. The molecule has 0 saturated carbocycles. The first kappa shape index (κ1) is 16.8. The molecule has 1 aliphatic rings. The molecule has 0 unspecified atom stereocenters. The summed E-state index contributed by atoms with van der Waals surface area (Å²) in [5.74, 6) is 1.19. The minimum atomic E-state index is -2.90. The maximum Gasteiger partial charge on any atom is 0.314 e. The first-order chi connectivity index (χ1) is 10.4. The number of sulfone groups is 1. The van der Waals surface area contributed by atoms with Gasteiger partial charge in [0.25, 0.3) is 0 Å². The molecule has 124 valence electrons. The molecule has 8 heteroatoms. The van der Waals surface area contributed by atoms with Crippen LogP contribution in [0.5, 0.6) is 0 Å². The van der Waals surface area contributed by atoms with E-state index in [0.29, 0.717) is 19.5 Å². The zero-order valence-corrected chi connectivity index (χ0v) is 13.7. The highest BCUT2D eigenvalue weighted by Crippen LogP contribution is 2.18. The first-order valence-corrected chi connectivity index (χ1v) is 9.11. The zero-order chi connectivity index (χ0) is 16.2. The van der Waals surface area contributed by atoms with Gasteiger partial charge in [-0.15, -0.1) is 0 Å². The molecule has 2 heterocycles. The van der Waals surface area contributed by atoms with Crippen LogP contribution in [-0.2, 0) is 9.84 Å². The number of nitrogens with one attached hydrogen (secondary N) is 2. The van der Waals surface area contributed by atoms with Crippen molar-refractivity contribution in [3.8, 4) is 0 Å². The van der Waals surface area contributed by atoms with Crippen molar-refractivity contribution in [1.82, 2.24) is 15.5 Å². The van der Waals surface area contributed by atoms with E-state index in [1.165, 1.54) is 0 Å². The Morgan fingerprint density at radius 2 is 2.23 bits per heavy atom. The normalized spacial score (nSPS) is 21.7. The molecule has 0 bridgehead atoms. The van der Waals surface area contributed by atoms with Crippen molar-refractivity contribution in [3.05, 3.63) is 24.2 Å². The van der Waals surface area contributed by atoms with Crippen LogP contribution in [-0.4, -0.2) is 58.0 Å². The number of urea groups is 1. The summed E-state index contributed by atoms with van der Waals surface area (Å²) < 4.78 is 28.1. The lowest BCUT2D eigenvalue weighted by Gasteiger charge is -2.22. The minimum Gasteiger partial charge on any atom is -0.468 e. The third-order valence-electron chi connectivity index (χ3n) is 3.83. The van der Waals surface area contributed by atoms with Crippen LogP contribution in [0, 0.1) is 5.92 Å². The van der Waals surface area contributed by atoms with Crippen LogP contribution in [0.1, 0.15) is 18.2 Å². The fraction of sp³-hybridized carbons (Fsp3) is 0.643. The molecule has 0 aromatic carbocycles. The Morgan fingerprint density at radius 3 is 2.77 bits per heavy atom. The van der Waals surface area contributed by atoms with Gasteiger partial charge in [-0.2, -0.15) is 0 Å². The lowest BCUT2D eigenvalue weighted by atomic mass is 10.1. The number of likely N-dealkylation sites (N-methyl/N-ethyl adjacent to an activating group) is 1. The van der Waals surface area contributed by atoms with Gasteiger partial charge in [0, 0.05) is 13.1 Å². The average molecular weight is 329 g/mol. The maximum absolute atomic E-state index is 11.8. The average Bonchev–Trinajstić information content (AvgIpc) is 3.06. The Morgan fingerprint density at radius 1 is 1.45 bits per heavy atom. The maximum atomic E-state index is 11.8. The van der Waals surface area contributed by atoms with E-state index < -0.39 is 9.84 Å². The fourth-order valence-electron chi connectivity index (χ4n) is 2.54. The van der Waals surface area contributed by atoms with Gasteiger partial charge in [0.1, 0.15) is 5.76 Å². The molecule has 0 spiro atoms. The molecule has 2 atom stereocenters. The van der Waals surface area contributed by atoms with E-state index in [9.17, 15) is 13.2 Å². The van der Waals surface area contributed by atoms with Crippen LogP contribution in [0.25, 0.3) is 0 Å². The highest BCUT2D eigenvalue weighted by Gasteiger charge is 2.28. The number of hydrogen-bond donors (Lipinski definition) is 2. The van der Waals surface area contributed by atoms with Crippen LogP contribution >= 0.6 is 0 Å². The van der Waals surface area contributed by atoms with Gasteiger partial charge in [-0.25, -0.2) is 13.2 Å². The summed E-state index contributed by atoms with van der Waals surface area (Å²) in [7, 11) is 0.925. The van der Waals surface area contributed by atoms with E-state index in [0.717, 1.165) is 5.76 Å². The fourth-order valence-corrected chi connectivity index (χ4v) is 4.40. The molecule has 1 aromatic rings. The topological polar surface area (TPSA) is 91.7 Å². The van der Waals surface area contributed by atoms with Crippen molar-refractivity contribution in [1.29, 1.82) is 0 Å². The third-order valence-corrected chi connectivity index (χ3v) is 5.67. The van der Waals surface area contributed by atoms with Gasteiger partial charge in [0.15, 0.2) is 9.84 Å². The second-order valence-corrected chi connectivity index (χ2v) is 8.08. The van der Waals surface area contributed by atoms with E-state index >= 15 is 0 Å². The van der Waals surface area contributed by atoms with Gasteiger partial charge in [0.05, 0.1) is 23.8 Å². The van der Waals surface area contributed by atoms with Crippen molar-refractivity contribution < 1.29 is 17.6 Å². The Kier molecular flexibility index (Phi) is 5.47. The molecule has 22 heavy (non-hydrogen) atoms. The van der Waals surface area contributed by atoms with E-state index in [1.807, 2.05) is 31.1 Å². The largest absolute Gasteiger partial charge is 0.468 e. The van der Waals surface area contributed by atoms with E-state index in [2.05, 4.69) is 10.6 Å². The minimum absolute atomic E-state index is 0.0190. The molecule has 2 N–H and O–H groups in total. The van der Waals surface area contributed by atoms with Gasteiger partial charge in [0.2, 0.25) is 0 Å². The predicted octanol–water partition coefficient (Wildman–Crippen LogP) is 0.616. The number of nitrogens with zero attached hydrogens (tertiary/aromatic N) is 1. The predicted molar refractivity (Wildman–Crippen MR) is 83.3 cm³/mol. The van der Waals surface area contributed by atoms with Crippen LogP contribution in [0.3, 0.4) is 0 Å². The lowest BCUT2D eigenvalue weighted by molar-refractivity contribution is 0.224. The first-order valence-electron chi connectivity index (χ1n) is 7.29. The molecular weight excluding hydrogens is 306 g/mol. The molecule has 0 radical (unpaired) electrons. The number of furan rings is 1. The second-order valence-electron chi connectivity index (χ2n) is 5.85. The van der Waals surface area contributed by atoms with Gasteiger partial charge < -0.3 is 15.1 Å². The standard InChI is InChI=1S/C14H23N3O4S/c1-17(2)12(13-4-3-6-21-13)9-16-14(18)15-8-11-5-7-22(19,20)10-11/h3-4,6,11-12H,5,7-10H2,1-2H3,(H2,15,16,18)/t11-,12-/m1/s1. The molecule has 1 aromatic heterocycles. The van der Waals surface area contributed by atoms with Gasteiger partial charge in [-0.1, -0.05) is 0 Å².